The summed E-state index contributed by atoms with van der Waals surface area (Å²) in [6.45, 7) is 4.43. The summed E-state index contributed by atoms with van der Waals surface area (Å²) >= 11 is 0. The molecule has 2 nitrogen and oxygen atoms in total. The first kappa shape index (κ1) is 26.9. The van der Waals surface area contributed by atoms with Crippen LogP contribution in [0.25, 0.3) is 65.4 Å². The standard InChI is InChI=1S/C38H36F2O2/c1-3-5-7-9-11-23-13-15-25-19-29-31(21-27(25)17-23)41-37-33(29)35(39)38-34(36(37)40)30-20-26-16-14-24(12-10-8-6-4-2)18-28(26)22-32(30)42-38/h13-22H,3-12H2,1-2H3. The average molecular weight is 563 g/mol. The first-order chi connectivity index (χ1) is 20.6. The third kappa shape index (κ3) is 4.62. The number of fused-ring (bicyclic) bond motifs is 8. The molecule has 214 valence electrons. The first-order valence-corrected chi connectivity index (χ1v) is 15.6. The highest BCUT2D eigenvalue weighted by atomic mass is 19.1. The van der Waals surface area contributed by atoms with Gasteiger partial charge in [0.05, 0.1) is 10.8 Å². The van der Waals surface area contributed by atoms with Gasteiger partial charge in [0.25, 0.3) is 0 Å². The second kappa shape index (κ2) is 11.1. The minimum Gasteiger partial charge on any atom is -0.453 e. The van der Waals surface area contributed by atoms with Crippen molar-refractivity contribution < 1.29 is 17.6 Å². The van der Waals surface area contributed by atoms with Gasteiger partial charge in [-0.15, -0.1) is 0 Å². The van der Waals surface area contributed by atoms with Gasteiger partial charge in [0.15, 0.2) is 22.8 Å². The van der Waals surface area contributed by atoms with Crippen LogP contribution < -0.4 is 0 Å². The molecule has 0 aliphatic rings. The zero-order valence-corrected chi connectivity index (χ0v) is 24.4. The number of rotatable bonds is 10. The van der Waals surface area contributed by atoms with Crippen molar-refractivity contribution in [2.45, 2.75) is 78.1 Å². The van der Waals surface area contributed by atoms with Crippen LogP contribution in [0.3, 0.4) is 0 Å². The van der Waals surface area contributed by atoms with Gasteiger partial charge in [-0.05, 0) is 82.6 Å². The minimum absolute atomic E-state index is 0.0599. The van der Waals surface area contributed by atoms with E-state index in [1.807, 2.05) is 24.3 Å². The SMILES string of the molecule is CCCCCCc1ccc2cc3c(cc2c1)oc1c(F)c2c(oc4cc5cc(CCCCCC)ccc5cc42)c(F)c13. The Kier molecular flexibility index (Phi) is 7.09. The number of furan rings is 2. The summed E-state index contributed by atoms with van der Waals surface area (Å²) < 4.78 is 44.5. The maximum absolute atomic E-state index is 16.2. The lowest BCUT2D eigenvalue weighted by Crippen LogP contribution is -1.87. The van der Waals surface area contributed by atoms with E-state index in [1.54, 1.807) is 0 Å². The summed E-state index contributed by atoms with van der Waals surface area (Å²) in [5.41, 5.74) is 3.38. The Morgan fingerprint density at radius 1 is 0.500 bits per heavy atom. The lowest BCUT2D eigenvalue weighted by molar-refractivity contribution is 0.571. The van der Waals surface area contributed by atoms with Crippen LogP contribution in [0.2, 0.25) is 0 Å². The van der Waals surface area contributed by atoms with Crippen molar-refractivity contribution in [1.82, 2.24) is 0 Å². The predicted octanol–water partition coefficient (Wildman–Crippen LogP) is 12.3. The monoisotopic (exact) mass is 562 g/mol. The van der Waals surface area contributed by atoms with Crippen molar-refractivity contribution in [3.05, 3.63) is 83.4 Å². The Bertz CT molecular complexity index is 1940. The lowest BCUT2D eigenvalue weighted by atomic mass is 9.99. The second-order valence-electron chi connectivity index (χ2n) is 11.9. The summed E-state index contributed by atoms with van der Waals surface area (Å²) in [5.74, 6) is -1.16. The van der Waals surface area contributed by atoms with E-state index in [-0.39, 0.29) is 21.9 Å². The van der Waals surface area contributed by atoms with Crippen LogP contribution in [-0.4, -0.2) is 0 Å². The van der Waals surface area contributed by atoms with Gasteiger partial charge in [0.2, 0.25) is 0 Å². The van der Waals surface area contributed by atoms with E-state index < -0.39 is 11.6 Å². The largest absolute Gasteiger partial charge is 0.453 e. The van der Waals surface area contributed by atoms with E-state index in [0.717, 1.165) is 47.2 Å². The third-order valence-corrected chi connectivity index (χ3v) is 8.90. The van der Waals surface area contributed by atoms with Crippen molar-refractivity contribution in [2.75, 3.05) is 0 Å². The molecule has 0 saturated heterocycles. The normalized spacial score (nSPS) is 12.3. The maximum Gasteiger partial charge on any atom is 0.178 e. The topological polar surface area (TPSA) is 26.3 Å². The molecule has 4 heteroatoms. The fraction of sp³-hybridized carbons (Fsp3) is 0.316. The van der Waals surface area contributed by atoms with Gasteiger partial charge in [-0.2, -0.15) is 0 Å². The summed E-state index contributed by atoms with van der Waals surface area (Å²) in [6, 6.07) is 20.4. The molecular weight excluding hydrogens is 526 g/mol. The fourth-order valence-corrected chi connectivity index (χ4v) is 6.57. The number of hydrogen-bond acceptors (Lipinski definition) is 2. The molecule has 0 spiro atoms. The zero-order valence-electron chi connectivity index (χ0n) is 24.4. The molecule has 42 heavy (non-hydrogen) atoms. The van der Waals surface area contributed by atoms with Gasteiger partial charge in [-0.3, -0.25) is 0 Å². The summed E-state index contributed by atoms with van der Waals surface area (Å²) in [4.78, 5) is 0. The fourth-order valence-electron chi connectivity index (χ4n) is 6.57. The molecule has 7 rings (SSSR count). The van der Waals surface area contributed by atoms with Crippen LogP contribution in [0.4, 0.5) is 8.78 Å². The van der Waals surface area contributed by atoms with Gasteiger partial charge in [-0.25, -0.2) is 8.78 Å². The van der Waals surface area contributed by atoms with Gasteiger partial charge >= 0.3 is 0 Å². The van der Waals surface area contributed by atoms with Crippen molar-refractivity contribution in [1.29, 1.82) is 0 Å². The highest BCUT2D eigenvalue weighted by Crippen LogP contribution is 2.43. The molecular formula is C38H36F2O2. The summed E-state index contributed by atoms with van der Waals surface area (Å²) in [6.07, 6.45) is 11.7. The molecule has 0 N–H and O–H groups in total. The van der Waals surface area contributed by atoms with Crippen LogP contribution in [0, 0.1) is 11.6 Å². The molecule has 0 aliphatic carbocycles. The number of unbranched alkanes of at least 4 members (excludes halogenated alkanes) is 6. The Balaban J connectivity index is 1.33. The smallest absolute Gasteiger partial charge is 0.178 e. The maximum atomic E-state index is 16.2. The predicted molar refractivity (Wildman–Crippen MR) is 172 cm³/mol. The molecule has 7 aromatic rings. The van der Waals surface area contributed by atoms with Gasteiger partial charge in [0, 0.05) is 10.8 Å². The Morgan fingerprint density at radius 2 is 0.952 bits per heavy atom. The van der Waals surface area contributed by atoms with Crippen LogP contribution in [0.5, 0.6) is 0 Å². The van der Waals surface area contributed by atoms with E-state index in [0.29, 0.717) is 21.9 Å². The quantitative estimate of drug-likeness (QED) is 0.155. The summed E-state index contributed by atoms with van der Waals surface area (Å²) in [5, 5.41) is 5.38. The highest BCUT2D eigenvalue weighted by molar-refractivity contribution is 6.18. The van der Waals surface area contributed by atoms with Gasteiger partial charge in [-0.1, -0.05) is 88.8 Å². The van der Waals surface area contributed by atoms with Gasteiger partial charge in [0.1, 0.15) is 11.2 Å². The molecule has 0 atom stereocenters. The van der Waals surface area contributed by atoms with E-state index in [9.17, 15) is 0 Å². The van der Waals surface area contributed by atoms with Crippen LogP contribution in [-0.2, 0) is 12.8 Å². The third-order valence-electron chi connectivity index (χ3n) is 8.90. The number of aryl methyl sites for hydroxylation is 2. The summed E-state index contributed by atoms with van der Waals surface area (Å²) in [7, 11) is 0. The minimum atomic E-state index is -0.580. The average Bonchev–Trinajstić information content (AvgIpc) is 3.56. The van der Waals surface area contributed by atoms with Crippen molar-refractivity contribution >= 4 is 65.4 Å². The van der Waals surface area contributed by atoms with E-state index >= 15 is 8.78 Å². The van der Waals surface area contributed by atoms with Gasteiger partial charge < -0.3 is 8.83 Å². The van der Waals surface area contributed by atoms with Crippen molar-refractivity contribution in [2.24, 2.45) is 0 Å². The first-order valence-electron chi connectivity index (χ1n) is 15.6. The molecule has 5 aromatic carbocycles. The molecule has 0 radical (unpaired) electrons. The van der Waals surface area contributed by atoms with E-state index in [4.69, 9.17) is 8.83 Å². The lowest BCUT2D eigenvalue weighted by Gasteiger charge is -2.04. The molecule has 0 amide bonds. The van der Waals surface area contributed by atoms with E-state index in [2.05, 4.69) is 50.2 Å². The molecule has 0 aliphatic heterocycles. The van der Waals surface area contributed by atoms with E-state index in [1.165, 1.54) is 49.7 Å². The number of benzene rings is 5. The Hall–Kier alpha value is -3.92. The Labute approximate surface area is 244 Å². The molecule has 2 aromatic heterocycles. The number of halogens is 2. The van der Waals surface area contributed by atoms with Crippen molar-refractivity contribution in [3.63, 3.8) is 0 Å². The molecule has 0 fully saturated rings. The Morgan fingerprint density at radius 3 is 1.38 bits per heavy atom. The molecule has 0 unspecified atom stereocenters. The number of hydrogen-bond donors (Lipinski definition) is 0. The van der Waals surface area contributed by atoms with Crippen molar-refractivity contribution in [3.8, 4) is 0 Å². The molecule has 2 heterocycles. The van der Waals surface area contributed by atoms with Crippen LogP contribution >= 0.6 is 0 Å². The highest BCUT2D eigenvalue weighted by Gasteiger charge is 2.25. The van der Waals surface area contributed by atoms with Crippen LogP contribution in [0.1, 0.15) is 76.3 Å². The molecule has 0 bridgehead atoms. The zero-order chi connectivity index (χ0) is 28.8. The second-order valence-corrected chi connectivity index (χ2v) is 11.9. The van der Waals surface area contributed by atoms with Crippen LogP contribution in [0.15, 0.2) is 69.5 Å². The molecule has 0 saturated carbocycles.